The fourth-order valence-electron chi connectivity index (χ4n) is 2.74. The molecule has 3 rings (SSSR count). The molecular weight excluding hydrogens is 327 g/mol. The Labute approximate surface area is 147 Å². The summed E-state index contributed by atoms with van der Waals surface area (Å²) in [6.45, 7) is 5.97. The molecule has 0 saturated carbocycles. The van der Waals surface area contributed by atoms with Gasteiger partial charge in [0.2, 0.25) is 0 Å². The number of hydrogen-bond donors (Lipinski definition) is 1. The van der Waals surface area contributed by atoms with Gasteiger partial charge in [0.05, 0.1) is 10.0 Å². The first-order valence-corrected chi connectivity index (χ1v) is 8.54. The third-order valence-corrected chi connectivity index (χ3v) is 4.65. The minimum Gasteiger partial charge on any atom is -0.343 e. The van der Waals surface area contributed by atoms with E-state index in [0.717, 1.165) is 18.7 Å². The summed E-state index contributed by atoms with van der Waals surface area (Å²) < 4.78 is 2.27. The first-order valence-electron chi connectivity index (χ1n) is 7.78. The van der Waals surface area contributed by atoms with Crippen molar-refractivity contribution in [1.29, 1.82) is 0 Å². The highest BCUT2D eigenvalue weighted by Gasteiger charge is 2.09. The number of halogens is 2. The lowest BCUT2D eigenvalue weighted by atomic mass is 10.1. The lowest BCUT2D eigenvalue weighted by molar-refractivity contribution is 0.589. The van der Waals surface area contributed by atoms with E-state index in [2.05, 4.69) is 54.2 Å². The van der Waals surface area contributed by atoms with E-state index < -0.39 is 0 Å². The van der Waals surface area contributed by atoms with Gasteiger partial charge in [0.25, 0.3) is 0 Å². The second-order valence-corrected chi connectivity index (χ2v) is 6.90. The topological polar surface area (TPSA) is 17.0 Å². The zero-order valence-corrected chi connectivity index (χ0v) is 14.8. The van der Waals surface area contributed by atoms with Crippen LogP contribution in [-0.4, -0.2) is 10.6 Å². The van der Waals surface area contributed by atoms with Crippen LogP contribution in [0, 0.1) is 0 Å². The molecular formula is C19H20Cl2N2. The fourth-order valence-corrected chi connectivity index (χ4v) is 3.06. The summed E-state index contributed by atoms with van der Waals surface area (Å²) in [5.41, 5.74) is 3.69. The average molecular weight is 347 g/mol. The number of nitrogens with one attached hydrogen (secondary N) is 1. The highest BCUT2D eigenvalue weighted by molar-refractivity contribution is 6.42. The zero-order valence-electron chi connectivity index (χ0n) is 13.3. The molecule has 3 aromatic rings. The Balaban J connectivity index is 1.95. The van der Waals surface area contributed by atoms with Gasteiger partial charge in [-0.1, -0.05) is 61.3 Å². The first-order chi connectivity index (χ1) is 11.0. The van der Waals surface area contributed by atoms with Gasteiger partial charge in [-0.25, -0.2) is 0 Å². The molecule has 0 unspecified atom stereocenters. The van der Waals surface area contributed by atoms with Gasteiger partial charge in [-0.2, -0.15) is 0 Å². The standard InChI is InChI=1S/C19H20Cl2N2/c1-13(2)22-10-15-12-23(19-6-4-3-5-16(15)19)11-14-7-8-17(20)18(21)9-14/h3-9,12-13,22H,10-11H2,1-2H3. The Morgan fingerprint density at radius 1 is 1.04 bits per heavy atom. The molecule has 0 radical (unpaired) electrons. The number of hydrogen-bond acceptors (Lipinski definition) is 1. The summed E-state index contributed by atoms with van der Waals surface area (Å²) >= 11 is 12.1. The van der Waals surface area contributed by atoms with Crippen molar-refractivity contribution in [3.05, 3.63) is 69.8 Å². The number of aromatic nitrogens is 1. The van der Waals surface area contributed by atoms with Crippen LogP contribution in [0.4, 0.5) is 0 Å². The van der Waals surface area contributed by atoms with E-state index in [0.29, 0.717) is 16.1 Å². The normalized spacial score (nSPS) is 11.5. The predicted molar refractivity (Wildman–Crippen MR) is 99.5 cm³/mol. The van der Waals surface area contributed by atoms with Crippen molar-refractivity contribution in [2.45, 2.75) is 33.0 Å². The monoisotopic (exact) mass is 346 g/mol. The van der Waals surface area contributed by atoms with Crippen LogP contribution in [0.25, 0.3) is 10.9 Å². The van der Waals surface area contributed by atoms with Crippen molar-refractivity contribution in [1.82, 2.24) is 9.88 Å². The van der Waals surface area contributed by atoms with Crippen LogP contribution in [0.1, 0.15) is 25.0 Å². The number of rotatable bonds is 5. The molecule has 0 aliphatic carbocycles. The summed E-state index contributed by atoms with van der Waals surface area (Å²) in [7, 11) is 0. The highest BCUT2D eigenvalue weighted by Crippen LogP contribution is 2.26. The smallest absolute Gasteiger partial charge is 0.0595 e. The van der Waals surface area contributed by atoms with Crippen molar-refractivity contribution in [3.8, 4) is 0 Å². The maximum atomic E-state index is 6.14. The molecule has 0 fully saturated rings. The number of nitrogens with zero attached hydrogens (tertiary/aromatic N) is 1. The van der Waals surface area contributed by atoms with Crippen LogP contribution in [0.2, 0.25) is 10.0 Å². The summed E-state index contributed by atoms with van der Waals surface area (Å²) in [4.78, 5) is 0. The van der Waals surface area contributed by atoms with Gasteiger partial charge >= 0.3 is 0 Å². The lowest BCUT2D eigenvalue weighted by Crippen LogP contribution is -2.21. The zero-order chi connectivity index (χ0) is 16.4. The van der Waals surface area contributed by atoms with E-state index in [1.165, 1.54) is 16.5 Å². The molecule has 120 valence electrons. The highest BCUT2D eigenvalue weighted by atomic mass is 35.5. The molecule has 0 spiro atoms. The van der Waals surface area contributed by atoms with Crippen molar-refractivity contribution in [3.63, 3.8) is 0 Å². The van der Waals surface area contributed by atoms with Gasteiger partial charge in [-0.15, -0.1) is 0 Å². The van der Waals surface area contributed by atoms with E-state index in [9.17, 15) is 0 Å². The van der Waals surface area contributed by atoms with Crippen LogP contribution in [-0.2, 0) is 13.1 Å². The van der Waals surface area contributed by atoms with Gasteiger partial charge in [0, 0.05) is 36.2 Å². The second kappa shape index (κ2) is 6.96. The van der Waals surface area contributed by atoms with E-state index >= 15 is 0 Å². The largest absolute Gasteiger partial charge is 0.343 e. The summed E-state index contributed by atoms with van der Waals surface area (Å²) in [6.07, 6.45) is 2.22. The van der Waals surface area contributed by atoms with Gasteiger partial charge in [-0.05, 0) is 29.3 Å². The number of fused-ring (bicyclic) bond motifs is 1. The Hall–Kier alpha value is -1.48. The van der Waals surface area contributed by atoms with Crippen molar-refractivity contribution < 1.29 is 0 Å². The SMILES string of the molecule is CC(C)NCc1cn(Cc2ccc(Cl)c(Cl)c2)c2ccccc12. The Morgan fingerprint density at radius 2 is 1.83 bits per heavy atom. The Bertz CT molecular complexity index is 821. The molecule has 0 aliphatic heterocycles. The van der Waals surface area contributed by atoms with Crippen LogP contribution in [0.3, 0.4) is 0 Å². The van der Waals surface area contributed by atoms with Crippen LogP contribution >= 0.6 is 23.2 Å². The van der Waals surface area contributed by atoms with E-state index in [-0.39, 0.29) is 0 Å². The van der Waals surface area contributed by atoms with Crippen molar-refractivity contribution in [2.75, 3.05) is 0 Å². The maximum Gasteiger partial charge on any atom is 0.0595 e. The lowest BCUT2D eigenvalue weighted by Gasteiger charge is -2.07. The third-order valence-electron chi connectivity index (χ3n) is 3.91. The quantitative estimate of drug-likeness (QED) is 0.645. The molecule has 2 nitrogen and oxygen atoms in total. The third kappa shape index (κ3) is 3.72. The van der Waals surface area contributed by atoms with Crippen molar-refractivity contribution >= 4 is 34.1 Å². The Kier molecular flexibility index (Phi) is 4.96. The molecule has 1 aromatic heterocycles. The second-order valence-electron chi connectivity index (χ2n) is 6.08. The molecule has 1 N–H and O–H groups in total. The first kappa shape index (κ1) is 16.4. The van der Waals surface area contributed by atoms with Gasteiger partial charge in [-0.3, -0.25) is 0 Å². The summed E-state index contributed by atoms with van der Waals surface area (Å²) in [5.74, 6) is 0. The molecule has 1 heterocycles. The molecule has 4 heteroatoms. The maximum absolute atomic E-state index is 6.14. The van der Waals surface area contributed by atoms with E-state index in [4.69, 9.17) is 23.2 Å². The molecule has 0 atom stereocenters. The summed E-state index contributed by atoms with van der Waals surface area (Å²) in [5, 5.41) is 5.98. The average Bonchev–Trinajstić information content (AvgIpc) is 2.87. The Morgan fingerprint density at radius 3 is 2.57 bits per heavy atom. The van der Waals surface area contributed by atoms with Crippen LogP contribution < -0.4 is 5.32 Å². The van der Waals surface area contributed by atoms with Crippen molar-refractivity contribution in [2.24, 2.45) is 0 Å². The van der Waals surface area contributed by atoms with Crippen LogP contribution in [0.15, 0.2) is 48.7 Å². The van der Waals surface area contributed by atoms with Crippen LogP contribution in [0.5, 0.6) is 0 Å². The van der Waals surface area contributed by atoms with Gasteiger partial charge < -0.3 is 9.88 Å². The molecule has 0 amide bonds. The number of para-hydroxylation sites is 1. The molecule has 0 bridgehead atoms. The predicted octanol–water partition coefficient (Wildman–Crippen LogP) is 5.49. The molecule has 23 heavy (non-hydrogen) atoms. The summed E-state index contributed by atoms with van der Waals surface area (Å²) in [6, 6.07) is 14.8. The molecule has 2 aromatic carbocycles. The van der Waals surface area contributed by atoms with E-state index in [1.807, 2.05) is 18.2 Å². The molecule has 0 aliphatic rings. The fraction of sp³-hybridized carbons (Fsp3) is 0.263. The minimum atomic E-state index is 0.465. The van der Waals surface area contributed by atoms with Gasteiger partial charge in [0.1, 0.15) is 0 Å². The van der Waals surface area contributed by atoms with E-state index in [1.54, 1.807) is 0 Å². The number of benzene rings is 2. The minimum absolute atomic E-state index is 0.465. The molecule has 0 saturated heterocycles. The van der Waals surface area contributed by atoms with Gasteiger partial charge in [0.15, 0.2) is 0 Å².